The minimum Gasteiger partial charge on any atom is -0.501 e. The summed E-state index contributed by atoms with van der Waals surface area (Å²) in [5.41, 5.74) is -1.57. The third-order valence-corrected chi connectivity index (χ3v) is 2.75. The first kappa shape index (κ1) is 13.3. The quantitative estimate of drug-likeness (QED) is 0.574. The number of carboxylic acids is 2. The van der Waals surface area contributed by atoms with Gasteiger partial charge < -0.3 is 15.3 Å². The summed E-state index contributed by atoms with van der Waals surface area (Å²) in [6.07, 6.45) is 0. The zero-order chi connectivity index (χ0) is 15.0. The molecule has 102 valence electrons. The predicted octanol–water partition coefficient (Wildman–Crippen LogP) is 1.85. The van der Waals surface area contributed by atoms with Crippen molar-refractivity contribution in [1.29, 1.82) is 0 Å². The highest BCUT2D eigenvalue weighted by Crippen LogP contribution is 2.38. The molecule has 0 spiro atoms. The Balaban J connectivity index is 2.92. The van der Waals surface area contributed by atoms with Crippen LogP contribution in [0.3, 0.4) is 0 Å². The van der Waals surface area contributed by atoms with Crippen LogP contribution in [0.4, 0.5) is 5.69 Å². The van der Waals surface area contributed by atoms with Gasteiger partial charge in [0.25, 0.3) is 0 Å². The van der Waals surface area contributed by atoms with Crippen LogP contribution < -0.4 is 0 Å². The van der Waals surface area contributed by atoms with Crippen LogP contribution in [0.1, 0.15) is 20.7 Å². The van der Waals surface area contributed by atoms with Crippen molar-refractivity contribution in [2.24, 2.45) is 0 Å². The van der Waals surface area contributed by atoms with E-state index >= 15 is 0 Å². The van der Waals surface area contributed by atoms with E-state index in [9.17, 15) is 24.8 Å². The topological polar surface area (TPSA) is 138 Å². The lowest BCUT2D eigenvalue weighted by Gasteiger charge is -2.06. The Morgan fingerprint density at radius 2 is 1.75 bits per heavy atom. The number of phenols is 1. The standard InChI is InChI=1S/C12H7NO7/c14-10-8(12(17)18)4-6-3-5(11(15)16)1-2-7(6)9(10)13(19)20/h1-4,14H,(H,15,16)(H,17,18). The van der Waals surface area contributed by atoms with Gasteiger partial charge in [-0.15, -0.1) is 0 Å². The smallest absolute Gasteiger partial charge is 0.339 e. The lowest BCUT2D eigenvalue weighted by atomic mass is 10.0. The molecular weight excluding hydrogens is 270 g/mol. The number of nitro benzene ring substituents is 1. The summed E-state index contributed by atoms with van der Waals surface area (Å²) in [5.74, 6) is -3.76. The lowest BCUT2D eigenvalue weighted by molar-refractivity contribution is -0.384. The van der Waals surface area contributed by atoms with Gasteiger partial charge in [0, 0.05) is 0 Å². The minimum atomic E-state index is -1.55. The number of carbonyl (C=O) groups is 2. The van der Waals surface area contributed by atoms with E-state index in [1.165, 1.54) is 0 Å². The van der Waals surface area contributed by atoms with Crippen molar-refractivity contribution in [3.05, 3.63) is 45.5 Å². The van der Waals surface area contributed by atoms with E-state index < -0.39 is 33.9 Å². The number of fused-ring (bicyclic) bond motifs is 1. The maximum absolute atomic E-state index is 11.0. The average Bonchev–Trinajstić information content (AvgIpc) is 2.36. The van der Waals surface area contributed by atoms with Crippen LogP contribution in [0.5, 0.6) is 5.75 Å². The molecule has 0 saturated carbocycles. The summed E-state index contributed by atoms with van der Waals surface area (Å²) in [5, 5.41) is 38.4. The number of aromatic carboxylic acids is 2. The summed E-state index contributed by atoms with van der Waals surface area (Å²) >= 11 is 0. The zero-order valence-corrected chi connectivity index (χ0v) is 9.73. The molecule has 8 nitrogen and oxygen atoms in total. The van der Waals surface area contributed by atoms with Crippen LogP contribution >= 0.6 is 0 Å². The fourth-order valence-corrected chi connectivity index (χ4v) is 1.86. The predicted molar refractivity (Wildman–Crippen MR) is 66.2 cm³/mol. The number of rotatable bonds is 3. The van der Waals surface area contributed by atoms with Crippen LogP contribution in [-0.2, 0) is 0 Å². The Morgan fingerprint density at radius 1 is 1.10 bits per heavy atom. The Morgan fingerprint density at radius 3 is 2.25 bits per heavy atom. The van der Waals surface area contributed by atoms with Gasteiger partial charge in [-0.05, 0) is 29.7 Å². The molecule has 0 aromatic heterocycles. The van der Waals surface area contributed by atoms with E-state index in [0.29, 0.717) is 0 Å². The Bertz CT molecular complexity index is 766. The molecule has 0 heterocycles. The molecular formula is C12H7NO7. The second kappa shape index (κ2) is 4.50. The van der Waals surface area contributed by atoms with Crippen LogP contribution in [0.2, 0.25) is 0 Å². The van der Waals surface area contributed by atoms with Gasteiger partial charge >= 0.3 is 17.6 Å². The lowest BCUT2D eigenvalue weighted by Crippen LogP contribution is -2.02. The van der Waals surface area contributed by atoms with Crippen LogP contribution in [-0.4, -0.2) is 32.2 Å². The van der Waals surface area contributed by atoms with E-state index in [1.54, 1.807) is 0 Å². The average molecular weight is 277 g/mol. The molecule has 0 bridgehead atoms. The number of nitro groups is 1. The molecule has 0 unspecified atom stereocenters. The molecule has 0 fully saturated rings. The summed E-state index contributed by atoms with van der Waals surface area (Å²) < 4.78 is 0. The highest BCUT2D eigenvalue weighted by molar-refractivity contribution is 6.05. The van der Waals surface area contributed by atoms with Gasteiger partial charge in [-0.1, -0.05) is 0 Å². The van der Waals surface area contributed by atoms with Crippen LogP contribution in [0, 0.1) is 10.1 Å². The highest BCUT2D eigenvalue weighted by Gasteiger charge is 2.25. The van der Waals surface area contributed by atoms with Crippen molar-refractivity contribution in [3.8, 4) is 5.75 Å². The molecule has 0 radical (unpaired) electrons. The van der Waals surface area contributed by atoms with Gasteiger partial charge in [0.1, 0.15) is 5.56 Å². The summed E-state index contributed by atoms with van der Waals surface area (Å²) in [7, 11) is 0. The monoisotopic (exact) mass is 277 g/mol. The second-order valence-electron chi connectivity index (χ2n) is 3.92. The molecule has 0 saturated heterocycles. The molecule has 0 aliphatic heterocycles. The molecule has 2 aromatic carbocycles. The first-order chi connectivity index (χ1) is 9.32. The minimum absolute atomic E-state index is 0.0394. The number of benzene rings is 2. The van der Waals surface area contributed by atoms with Crippen molar-refractivity contribution in [2.75, 3.05) is 0 Å². The van der Waals surface area contributed by atoms with Crippen molar-refractivity contribution in [1.82, 2.24) is 0 Å². The highest BCUT2D eigenvalue weighted by atomic mass is 16.6. The number of hydrogen-bond acceptors (Lipinski definition) is 5. The Kier molecular flexibility index (Phi) is 2.99. The van der Waals surface area contributed by atoms with Gasteiger partial charge in [0.2, 0.25) is 5.75 Å². The normalized spacial score (nSPS) is 10.4. The Labute approximate surface area is 110 Å². The van der Waals surface area contributed by atoms with E-state index in [0.717, 1.165) is 24.3 Å². The maximum atomic E-state index is 11.0. The van der Waals surface area contributed by atoms with Crippen molar-refractivity contribution in [3.63, 3.8) is 0 Å². The molecule has 0 amide bonds. The van der Waals surface area contributed by atoms with Crippen LogP contribution in [0.15, 0.2) is 24.3 Å². The van der Waals surface area contributed by atoms with E-state index in [4.69, 9.17) is 10.2 Å². The first-order valence-corrected chi connectivity index (χ1v) is 5.23. The largest absolute Gasteiger partial charge is 0.501 e. The van der Waals surface area contributed by atoms with Crippen LogP contribution in [0.25, 0.3) is 10.8 Å². The summed E-state index contributed by atoms with van der Waals surface area (Å²) in [6, 6.07) is 4.39. The third-order valence-electron chi connectivity index (χ3n) is 2.75. The number of aromatic hydroxyl groups is 1. The summed E-state index contributed by atoms with van der Waals surface area (Å²) in [4.78, 5) is 31.9. The molecule has 0 aliphatic rings. The van der Waals surface area contributed by atoms with E-state index in [2.05, 4.69) is 0 Å². The number of carboxylic acid groups (broad SMARTS) is 2. The molecule has 2 aromatic rings. The van der Waals surface area contributed by atoms with Gasteiger partial charge in [-0.3, -0.25) is 10.1 Å². The van der Waals surface area contributed by atoms with Gasteiger partial charge in [-0.25, -0.2) is 9.59 Å². The Hall–Kier alpha value is -3.16. The van der Waals surface area contributed by atoms with Crippen molar-refractivity contribution < 1.29 is 29.8 Å². The molecule has 8 heteroatoms. The van der Waals surface area contributed by atoms with Gasteiger partial charge in [0.05, 0.1) is 15.9 Å². The fraction of sp³-hybridized carbons (Fsp3) is 0. The van der Waals surface area contributed by atoms with E-state index in [-0.39, 0.29) is 16.3 Å². The molecule has 20 heavy (non-hydrogen) atoms. The second-order valence-corrected chi connectivity index (χ2v) is 3.92. The molecule has 0 atom stereocenters. The van der Waals surface area contributed by atoms with Crippen molar-refractivity contribution in [2.45, 2.75) is 0 Å². The van der Waals surface area contributed by atoms with E-state index in [1.807, 2.05) is 0 Å². The SMILES string of the molecule is O=C(O)c1ccc2c([N+](=O)[O-])c(O)c(C(=O)O)cc2c1. The van der Waals surface area contributed by atoms with Crippen molar-refractivity contribution >= 4 is 28.4 Å². The number of nitrogens with zero attached hydrogens (tertiary/aromatic N) is 1. The fourth-order valence-electron chi connectivity index (χ4n) is 1.86. The molecule has 3 N–H and O–H groups in total. The molecule has 2 rings (SSSR count). The zero-order valence-electron chi connectivity index (χ0n) is 9.73. The number of hydrogen-bond donors (Lipinski definition) is 3. The van der Waals surface area contributed by atoms with Gasteiger partial charge in [0.15, 0.2) is 0 Å². The van der Waals surface area contributed by atoms with Gasteiger partial charge in [-0.2, -0.15) is 0 Å². The first-order valence-electron chi connectivity index (χ1n) is 5.23. The molecule has 0 aliphatic carbocycles. The third kappa shape index (κ3) is 1.99. The summed E-state index contributed by atoms with van der Waals surface area (Å²) in [6.45, 7) is 0. The maximum Gasteiger partial charge on any atom is 0.339 e.